The predicted octanol–water partition coefficient (Wildman–Crippen LogP) is 5.69. The van der Waals surface area contributed by atoms with Crippen LogP contribution in [0.4, 0.5) is 0 Å². The van der Waals surface area contributed by atoms with E-state index >= 15 is 0 Å². The Bertz CT molecular complexity index is 826. The van der Waals surface area contributed by atoms with Gasteiger partial charge in [-0.3, -0.25) is 4.98 Å². The van der Waals surface area contributed by atoms with Crippen molar-refractivity contribution in [3.8, 4) is 20.9 Å². The van der Waals surface area contributed by atoms with Crippen molar-refractivity contribution >= 4 is 32.8 Å². The molecule has 3 aromatic heterocycles. The normalized spacial score (nSPS) is 11.0. The van der Waals surface area contributed by atoms with Crippen LogP contribution in [0.3, 0.4) is 0 Å². The summed E-state index contributed by atoms with van der Waals surface area (Å²) in [5.74, 6) is 0. The average molecular weight is 293 g/mol. The molecule has 1 aromatic carbocycles. The molecule has 0 amide bonds. The molecule has 0 radical (unpaired) electrons. The molecule has 0 atom stereocenters. The monoisotopic (exact) mass is 293 g/mol. The highest BCUT2D eigenvalue weighted by Gasteiger charge is 2.10. The van der Waals surface area contributed by atoms with Gasteiger partial charge in [0.25, 0.3) is 0 Å². The van der Waals surface area contributed by atoms with E-state index in [-0.39, 0.29) is 0 Å². The SMILES string of the molecule is c1csc(-c2cnccc2-c2cc3ccccc3s2)c1. The lowest BCUT2D eigenvalue weighted by atomic mass is 10.1. The number of pyridine rings is 1. The van der Waals surface area contributed by atoms with Crippen LogP contribution in [0.5, 0.6) is 0 Å². The lowest BCUT2D eigenvalue weighted by Gasteiger charge is -2.04. The Hall–Kier alpha value is -1.97. The second kappa shape index (κ2) is 4.85. The maximum absolute atomic E-state index is 4.29. The van der Waals surface area contributed by atoms with E-state index in [1.807, 2.05) is 23.7 Å². The highest BCUT2D eigenvalue weighted by Crippen LogP contribution is 2.39. The lowest BCUT2D eigenvalue weighted by Crippen LogP contribution is -1.81. The molecule has 3 heteroatoms. The van der Waals surface area contributed by atoms with Crippen LogP contribution in [0.2, 0.25) is 0 Å². The fraction of sp³-hybridized carbons (Fsp3) is 0. The highest BCUT2D eigenvalue weighted by molar-refractivity contribution is 7.22. The van der Waals surface area contributed by atoms with Gasteiger partial charge in [0.05, 0.1) is 0 Å². The van der Waals surface area contributed by atoms with E-state index in [0.717, 1.165) is 0 Å². The van der Waals surface area contributed by atoms with Crippen LogP contribution in [0, 0.1) is 0 Å². The Morgan fingerprint density at radius 2 is 1.80 bits per heavy atom. The molecule has 1 nitrogen and oxygen atoms in total. The minimum absolute atomic E-state index is 1.22. The zero-order valence-corrected chi connectivity index (χ0v) is 12.2. The zero-order valence-electron chi connectivity index (χ0n) is 10.6. The molecule has 4 aromatic rings. The molecular formula is C17H11NS2. The molecule has 0 saturated heterocycles. The minimum Gasteiger partial charge on any atom is -0.264 e. The molecule has 0 bridgehead atoms. The van der Waals surface area contributed by atoms with Crippen LogP contribution in [-0.2, 0) is 0 Å². The van der Waals surface area contributed by atoms with Gasteiger partial charge in [0, 0.05) is 38.0 Å². The molecule has 96 valence electrons. The van der Waals surface area contributed by atoms with Gasteiger partial charge in [-0.1, -0.05) is 24.3 Å². The maximum Gasteiger partial charge on any atom is 0.0364 e. The summed E-state index contributed by atoms with van der Waals surface area (Å²) >= 11 is 3.60. The van der Waals surface area contributed by atoms with E-state index < -0.39 is 0 Å². The molecule has 20 heavy (non-hydrogen) atoms. The first kappa shape index (κ1) is 11.8. The quantitative estimate of drug-likeness (QED) is 0.462. The van der Waals surface area contributed by atoms with Gasteiger partial charge in [-0.15, -0.1) is 22.7 Å². The molecule has 0 saturated carbocycles. The molecule has 4 rings (SSSR count). The summed E-state index contributed by atoms with van der Waals surface area (Å²) < 4.78 is 1.33. The van der Waals surface area contributed by atoms with E-state index in [2.05, 4.69) is 58.9 Å². The Balaban J connectivity index is 1.94. The van der Waals surface area contributed by atoms with Crippen LogP contribution in [0.15, 0.2) is 66.3 Å². The van der Waals surface area contributed by atoms with Crippen LogP contribution < -0.4 is 0 Å². The van der Waals surface area contributed by atoms with Crippen molar-refractivity contribution in [3.63, 3.8) is 0 Å². The molecule has 0 spiro atoms. The lowest BCUT2D eigenvalue weighted by molar-refractivity contribution is 1.34. The van der Waals surface area contributed by atoms with Crippen molar-refractivity contribution < 1.29 is 0 Å². The fourth-order valence-electron chi connectivity index (χ4n) is 2.35. The minimum atomic E-state index is 1.22. The number of hydrogen-bond donors (Lipinski definition) is 0. The van der Waals surface area contributed by atoms with Gasteiger partial charge < -0.3 is 0 Å². The number of hydrogen-bond acceptors (Lipinski definition) is 3. The smallest absolute Gasteiger partial charge is 0.0364 e. The van der Waals surface area contributed by atoms with Gasteiger partial charge in [0.15, 0.2) is 0 Å². The highest BCUT2D eigenvalue weighted by atomic mass is 32.1. The Labute approximate surface area is 125 Å². The summed E-state index contributed by atoms with van der Waals surface area (Å²) in [4.78, 5) is 6.86. The Morgan fingerprint density at radius 3 is 2.65 bits per heavy atom. The summed E-state index contributed by atoms with van der Waals surface area (Å²) in [5, 5.41) is 3.42. The standard InChI is InChI=1S/C17H11NS2/c1-2-5-15-12(4-1)10-17(20-15)13-7-8-18-11-14(13)16-6-3-9-19-16/h1-11H. The van der Waals surface area contributed by atoms with E-state index in [9.17, 15) is 0 Å². The molecular weight excluding hydrogens is 282 g/mol. The Kier molecular flexibility index (Phi) is 2.87. The fourth-order valence-corrected chi connectivity index (χ4v) is 4.20. The summed E-state index contributed by atoms with van der Waals surface area (Å²) in [5.41, 5.74) is 2.48. The number of fused-ring (bicyclic) bond motifs is 1. The first-order chi connectivity index (χ1) is 9.92. The maximum atomic E-state index is 4.29. The molecule has 0 aliphatic heterocycles. The van der Waals surface area contributed by atoms with Crippen molar-refractivity contribution in [2.75, 3.05) is 0 Å². The first-order valence-electron chi connectivity index (χ1n) is 6.39. The third-order valence-electron chi connectivity index (χ3n) is 3.30. The summed E-state index contributed by atoms with van der Waals surface area (Å²) in [6.45, 7) is 0. The molecule has 0 aliphatic carbocycles. The van der Waals surface area contributed by atoms with Crippen molar-refractivity contribution in [2.45, 2.75) is 0 Å². The predicted molar refractivity (Wildman–Crippen MR) is 88.4 cm³/mol. The van der Waals surface area contributed by atoms with Crippen molar-refractivity contribution in [3.05, 3.63) is 66.3 Å². The van der Waals surface area contributed by atoms with Crippen molar-refractivity contribution in [1.29, 1.82) is 0 Å². The van der Waals surface area contributed by atoms with Crippen LogP contribution in [-0.4, -0.2) is 4.98 Å². The largest absolute Gasteiger partial charge is 0.264 e. The van der Waals surface area contributed by atoms with Gasteiger partial charge in [-0.05, 0) is 35.0 Å². The topological polar surface area (TPSA) is 12.9 Å². The number of aromatic nitrogens is 1. The molecule has 0 fully saturated rings. The van der Waals surface area contributed by atoms with Gasteiger partial charge in [-0.2, -0.15) is 0 Å². The molecule has 0 N–H and O–H groups in total. The Morgan fingerprint density at radius 1 is 0.850 bits per heavy atom. The number of benzene rings is 1. The van der Waals surface area contributed by atoms with Crippen LogP contribution in [0.25, 0.3) is 31.0 Å². The van der Waals surface area contributed by atoms with E-state index in [4.69, 9.17) is 0 Å². The van der Waals surface area contributed by atoms with Crippen LogP contribution in [0.1, 0.15) is 0 Å². The summed E-state index contributed by atoms with van der Waals surface area (Å²) in [7, 11) is 0. The van der Waals surface area contributed by atoms with Gasteiger partial charge in [0.2, 0.25) is 0 Å². The van der Waals surface area contributed by atoms with Gasteiger partial charge in [-0.25, -0.2) is 0 Å². The van der Waals surface area contributed by atoms with Crippen molar-refractivity contribution in [1.82, 2.24) is 4.98 Å². The van der Waals surface area contributed by atoms with E-state index in [1.54, 1.807) is 11.3 Å². The first-order valence-corrected chi connectivity index (χ1v) is 8.08. The van der Waals surface area contributed by atoms with E-state index in [1.165, 1.54) is 31.0 Å². The summed E-state index contributed by atoms with van der Waals surface area (Å²) in [6, 6.07) is 17.1. The third-order valence-corrected chi connectivity index (χ3v) is 5.35. The molecule has 0 unspecified atom stereocenters. The van der Waals surface area contributed by atoms with Gasteiger partial charge in [0.1, 0.15) is 0 Å². The number of nitrogens with zero attached hydrogens (tertiary/aromatic N) is 1. The second-order valence-electron chi connectivity index (χ2n) is 4.55. The zero-order chi connectivity index (χ0) is 13.4. The second-order valence-corrected chi connectivity index (χ2v) is 6.58. The number of thiophene rings is 2. The summed E-state index contributed by atoms with van der Waals surface area (Å²) in [6.07, 6.45) is 3.84. The molecule has 3 heterocycles. The molecule has 0 aliphatic rings. The number of rotatable bonds is 2. The van der Waals surface area contributed by atoms with Crippen LogP contribution >= 0.6 is 22.7 Å². The average Bonchev–Trinajstić information content (AvgIpc) is 3.16. The van der Waals surface area contributed by atoms with Crippen molar-refractivity contribution in [2.24, 2.45) is 0 Å². The van der Waals surface area contributed by atoms with Gasteiger partial charge >= 0.3 is 0 Å². The third kappa shape index (κ3) is 1.96. The van der Waals surface area contributed by atoms with E-state index in [0.29, 0.717) is 0 Å².